The lowest BCUT2D eigenvalue weighted by molar-refractivity contribution is 0.102. The Kier molecular flexibility index (Phi) is 4.18. The Morgan fingerprint density at radius 3 is 2.38 bits per heavy atom. The molecule has 1 N–H and O–H groups in total. The van der Waals surface area contributed by atoms with Crippen LogP contribution in [-0.4, -0.2) is 32.9 Å². The van der Waals surface area contributed by atoms with Gasteiger partial charge < -0.3 is 5.32 Å². The number of amides is 1. The van der Waals surface area contributed by atoms with E-state index in [2.05, 4.69) is 20.5 Å². The molecule has 7 nitrogen and oxygen atoms in total. The van der Waals surface area contributed by atoms with Crippen molar-refractivity contribution in [2.24, 2.45) is 5.10 Å². The lowest BCUT2D eigenvalue weighted by atomic mass is 10.2. The van der Waals surface area contributed by atoms with Gasteiger partial charge in [0.05, 0.1) is 11.4 Å². The van der Waals surface area contributed by atoms with Crippen LogP contribution < -0.4 is 10.3 Å². The van der Waals surface area contributed by atoms with Gasteiger partial charge >= 0.3 is 0 Å². The fourth-order valence-corrected chi connectivity index (χ4v) is 2.79. The maximum Gasteiger partial charge on any atom is 0.255 e. The van der Waals surface area contributed by atoms with Crippen LogP contribution in [0.4, 0.5) is 11.4 Å². The quantitative estimate of drug-likeness (QED) is 0.788. The average molecular weight is 346 g/mol. The third-order valence-electron chi connectivity index (χ3n) is 4.21. The summed E-state index contributed by atoms with van der Waals surface area (Å²) in [7, 11) is 0. The molecule has 2 aromatic carbocycles. The highest BCUT2D eigenvalue weighted by Crippen LogP contribution is 2.20. The molecule has 7 heteroatoms. The molecule has 26 heavy (non-hydrogen) atoms. The molecular weight excluding hydrogens is 328 g/mol. The summed E-state index contributed by atoms with van der Waals surface area (Å²) in [5.41, 5.74) is 4.33. The Bertz CT molecular complexity index is 929. The van der Waals surface area contributed by atoms with E-state index in [1.54, 1.807) is 11.0 Å². The van der Waals surface area contributed by atoms with Gasteiger partial charge in [0.2, 0.25) is 0 Å². The molecule has 0 saturated heterocycles. The van der Waals surface area contributed by atoms with Gasteiger partial charge in [-0.2, -0.15) is 10.2 Å². The second-order valence-electron chi connectivity index (χ2n) is 6.10. The van der Waals surface area contributed by atoms with Crippen molar-refractivity contribution >= 4 is 23.0 Å². The lowest BCUT2D eigenvalue weighted by Crippen LogP contribution is -2.14. The second-order valence-corrected chi connectivity index (χ2v) is 6.10. The van der Waals surface area contributed by atoms with Crippen molar-refractivity contribution in [3.63, 3.8) is 0 Å². The Labute approximate surface area is 151 Å². The molecule has 0 radical (unpaired) electrons. The van der Waals surface area contributed by atoms with E-state index in [9.17, 15) is 4.79 Å². The zero-order valence-corrected chi connectivity index (χ0v) is 14.3. The summed E-state index contributed by atoms with van der Waals surface area (Å²) < 4.78 is 1.66. The predicted molar refractivity (Wildman–Crippen MR) is 101 cm³/mol. The Morgan fingerprint density at radius 2 is 1.77 bits per heavy atom. The number of aromatic nitrogens is 3. The molecule has 0 saturated carbocycles. The molecule has 0 atom stereocenters. The number of carbonyl (C=O) groups is 1. The fraction of sp³-hybridized carbons (Fsp3) is 0.158. The average Bonchev–Trinajstić information content (AvgIpc) is 3.34. The molecule has 3 aromatic rings. The van der Waals surface area contributed by atoms with Crippen LogP contribution in [0.2, 0.25) is 0 Å². The summed E-state index contributed by atoms with van der Waals surface area (Å²) in [4.78, 5) is 16.4. The van der Waals surface area contributed by atoms with Gasteiger partial charge in [0.25, 0.3) is 5.91 Å². The van der Waals surface area contributed by atoms with E-state index in [1.165, 1.54) is 6.33 Å². The van der Waals surface area contributed by atoms with Crippen LogP contribution in [-0.2, 0) is 0 Å². The maximum absolute atomic E-state index is 12.4. The molecule has 0 unspecified atom stereocenters. The standard InChI is InChI=1S/C19H18N6O/c1-14-10-11-24(23-14)17-6-2-15(3-7-17)19(26)22-16-4-8-18(9-5-16)25-13-20-12-21-25/h2-9,12-13H,10-11H2,1H3,(H,22,26). The van der Waals surface area contributed by atoms with Crippen LogP contribution in [0.5, 0.6) is 0 Å². The van der Waals surface area contributed by atoms with E-state index in [4.69, 9.17) is 0 Å². The first kappa shape index (κ1) is 16.0. The monoisotopic (exact) mass is 346 g/mol. The summed E-state index contributed by atoms with van der Waals surface area (Å²) in [6, 6.07) is 14.9. The molecule has 1 aliphatic heterocycles. The summed E-state index contributed by atoms with van der Waals surface area (Å²) in [5.74, 6) is -0.147. The minimum atomic E-state index is -0.147. The first-order valence-electron chi connectivity index (χ1n) is 8.37. The van der Waals surface area contributed by atoms with Crippen LogP contribution in [0, 0.1) is 0 Å². The lowest BCUT2D eigenvalue weighted by Gasteiger charge is -2.14. The van der Waals surface area contributed by atoms with Crippen LogP contribution in [0.25, 0.3) is 5.69 Å². The van der Waals surface area contributed by atoms with Gasteiger partial charge in [-0.3, -0.25) is 9.80 Å². The normalized spacial score (nSPS) is 13.6. The van der Waals surface area contributed by atoms with Crippen LogP contribution >= 0.6 is 0 Å². The summed E-state index contributed by atoms with van der Waals surface area (Å²) in [5, 5.41) is 13.4. The van der Waals surface area contributed by atoms with Crippen molar-refractivity contribution in [1.29, 1.82) is 0 Å². The first-order chi connectivity index (χ1) is 12.7. The van der Waals surface area contributed by atoms with E-state index >= 15 is 0 Å². The van der Waals surface area contributed by atoms with Gasteiger partial charge in [-0.15, -0.1) is 0 Å². The first-order valence-corrected chi connectivity index (χ1v) is 8.37. The molecule has 0 spiro atoms. The van der Waals surface area contributed by atoms with Crippen molar-refractivity contribution < 1.29 is 4.79 Å². The van der Waals surface area contributed by atoms with Crippen molar-refractivity contribution in [2.75, 3.05) is 16.9 Å². The Morgan fingerprint density at radius 1 is 1.04 bits per heavy atom. The van der Waals surface area contributed by atoms with Gasteiger partial charge in [0.15, 0.2) is 0 Å². The van der Waals surface area contributed by atoms with Gasteiger partial charge in [-0.1, -0.05) is 0 Å². The number of nitrogens with zero attached hydrogens (tertiary/aromatic N) is 5. The van der Waals surface area contributed by atoms with Gasteiger partial charge in [-0.05, 0) is 55.5 Å². The third kappa shape index (κ3) is 3.32. The van der Waals surface area contributed by atoms with Crippen molar-refractivity contribution in [1.82, 2.24) is 14.8 Å². The number of anilines is 2. The van der Waals surface area contributed by atoms with E-state index in [0.29, 0.717) is 5.56 Å². The number of hydrazone groups is 1. The van der Waals surface area contributed by atoms with Crippen LogP contribution in [0.15, 0.2) is 66.3 Å². The number of rotatable bonds is 4. The molecule has 1 aliphatic rings. The smallest absolute Gasteiger partial charge is 0.255 e. The summed E-state index contributed by atoms with van der Waals surface area (Å²) in [6.45, 7) is 2.91. The van der Waals surface area contributed by atoms with E-state index in [0.717, 1.165) is 35.7 Å². The van der Waals surface area contributed by atoms with Crippen molar-refractivity contribution in [2.45, 2.75) is 13.3 Å². The third-order valence-corrected chi connectivity index (χ3v) is 4.21. The molecule has 1 aromatic heterocycles. The molecule has 130 valence electrons. The fourth-order valence-electron chi connectivity index (χ4n) is 2.79. The molecule has 0 bridgehead atoms. The molecular formula is C19H18N6O. The minimum absolute atomic E-state index is 0.147. The zero-order valence-electron chi connectivity index (χ0n) is 14.3. The van der Waals surface area contributed by atoms with Gasteiger partial charge in [0.1, 0.15) is 12.7 Å². The minimum Gasteiger partial charge on any atom is -0.322 e. The topological polar surface area (TPSA) is 75.4 Å². The largest absolute Gasteiger partial charge is 0.322 e. The Hall–Kier alpha value is -3.48. The SMILES string of the molecule is CC1=NN(c2ccc(C(=O)Nc3ccc(-n4cncn4)cc3)cc2)CC1. The van der Waals surface area contributed by atoms with Crippen LogP contribution in [0.1, 0.15) is 23.7 Å². The number of hydrogen-bond donors (Lipinski definition) is 1. The van der Waals surface area contributed by atoms with Crippen LogP contribution in [0.3, 0.4) is 0 Å². The summed E-state index contributed by atoms with van der Waals surface area (Å²) in [6.07, 6.45) is 4.09. The van der Waals surface area contributed by atoms with Gasteiger partial charge in [0, 0.05) is 29.9 Å². The highest BCUT2D eigenvalue weighted by atomic mass is 16.1. The van der Waals surface area contributed by atoms with E-state index < -0.39 is 0 Å². The van der Waals surface area contributed by atoms with Crippen molar-refractivity contribution in [3.8, 4) is 5.69 Å². The highest BCUT2D eigenvalue weighted by Gasteiger charge is 2.13. The summed E-state index contributed by atoms with van der Waals surface area (Å²) >= 11 is 0. The number of hydrogen-bond acceptors (Lipinski definition) is 5. The molecule has 4 rings (SSSR count). The Balaban J connectivity index is 1.43. The van der Waals surface area contributed by atoms with Crippen molar-refractivity contribution in [3.05, 3.63) is 66.7 Å². The van der Waals surface area contributed by atoms with Gasteiger partial charge in [-0.25, -0.2) is 9.67 Å². The molecule has 2 heterocycles. The number of nitrogens with one attached hydrogen (secondary N) is 1. The number of carbonyl (C=O) groups excluding carboxylic acids is 1. The van der Waals surface area contributed by atoms with E-state index in [1.807, 2.05) is 60.5 Å². The zero-order chi connectivity index (χ0) is 17.9. The maximum atomic E-state index is 12.4. The molecule has 0 aliphatic carbocycles. The second kappa shape index (κ2) is 6.79. The molecule has 0 fully saturated rings. The highest BCUT2D eigenvalue weighted by molar-refractivity contribution is 6.04. The van der Waals surface area contributed by atoms with E-state index in [-0.39, 0.29) is 5.91 Å². The predicted octanol–water partition coefficient (Wildman–Crippen LogP) is 3.11. The molecule has 1 amide bonds. The number of benzene rings is 2.